The van der Waals surface area contributed by atoms with Gasteiger partial charge >= 0.3 is 0 Å². The Morgan fingerprint density at radius 1 is 0.818 bits per heavy atom. The maximum atomic E-state index is 4.65. The smallest absolute Gasteiger partial charge is 0.162 e. The Labute approximate surface area is 137 Å². The van der Waals surface area contributed by atoms with Gasteiger partial charge < -0.3 is 0 Å². The molecule has 0 N–H and O–H groups in total. The van der Waals surface area contributed by atoms with Crippen molar-refractivity contribution in [2.24, 2.45) is 9.98 Å². The maximum absolute atomic E-state index is 4.65. The molecule has 22 heavy (non-hydrogen) atoms. The average molecular weight is 329 g/mol. The minimum Gasteiger partial charge on any atom is -0.252 e. The highest BCUT2D eigenvalue weighted by Gasteiger charge is 2.19. The largest absolute Gasteiger partial charge is 0.252 e. The molecular weight excluding hydrogens is 319 g/mol. The Kier molecular flexibility index (Phi) is 3.43. The van der Waals surface area contributed by atoms with Crippen molar-refractivity contribution in [3.63, 3.8) is 0 Å². The molecule has 2 aliphatic heterocycles. The number of hydrogen-bond acceptors (Lipinski definition) is 4. The fourth-order valence-corrected chi connectivity index (χ4v) is 2.84. The van der Waals surface area contributed by atoms with Crippen molar-refractivity contribution >= 4 is 36.3 Å². The number of fused-ring (bicyclic) bond motifs is 6. The van der Waals surface area contributed by atoms with E-state index in [1.807, 2.05) is 36.5 Å². The highest BCUT2D eigenvalue weighted by atomic mass is 35.5. The van der Waals surface area contributed by atoms with Crippen molar-refractivity contribution in [1.82, 2.24) is 9.97 Å². The third-order valence-corrected chi connectivity index (χ3v) is 3.71. The van der Waals surface area contributed by atoms with Crippen molar-refractivity contribution in [2.75, 3.05) is 0 Å². The van der Waals surface area contributed by atoms with Crippen LogP contribution in [0.1, 0.15) is 0 Å². The second-order valence-electron chi connectivity index (χ2n) is 4.83. The molecule has 0 aliphatic carbocycles. The zero-order valence-electron chi connectivity index (χ0n) is 11.2. The van der Waals surface area contributed by atoms with Crippen LogP contribution < -0.4 is 10.7 Å². The van der Waals surface area contributed by atoms with E-state index in [0.717, 1.165) is 43.9 Å². The Balaban J connectivity index is 0.000000720. The van der Waals surface area contributed by atoms with Crippen LogP contribution in [0.3, 0.4) is 0 Å². The molecule has 0 amide bonds. The fraction of sp³-hybridized carbons (Fsp3) is 0. The van der Waals surface area contributed by atoms with Gasteiger partial charge in [-0.15, -0.1) is 24.8 Å². The minimum atomic E-state index is 0. The molecular formula is C16H10Cl2N4. The summed E-state index contributed by atoms with van der Waals surface area (Å²) in [6, 6.07) is 12.0. The Morgan fingerprint density at radius 3 is 2.59 bits per heavy atom. The molecule has 4 nitrogen and oxygen atoms in total. The summed E-state index contributed by atoms with van der Waals surface area (Å²) in [7, 11) is 0. The van der Waals surface area contributed by atoms with Gasteiger partial charge in [0.25, 0.3) is 0 Å². The Hall–Kier alpha value is -2.30. The summed E-state index contributed by atoms with van der Waals surface area (Å²) in [6.45, 7) is 0. The monoisotopic (exact) mass is 328 g/mol. The first-order valence-electron chi connectivity index (χ1n) is 6.43. The summed E-state index contributed by atoms with van der Waals surface area (Å²) < 4.78 is 0. The van der Waals surface area contributed by atoms with E-state index < -0.39 is 0 Å². The topological polar surface area (TPSA) is 50.5 Å². The Bertz CT molecular complexity index is 1110. The van der Waals surface area contributed by atoms with E-state index in [0.29, 0.717) is 0 Å². The van der Waals surface area contributed by atoms with Crippen LogP contribution in [0.2, 0.25) is 0 Å². The van der Waals surface area contributed by atoms with E-state index >= 15 is 0 Å². The molecule has 2 aromatic heterocycles. The molecule has 0 unspecified atom stereocenters. The van der Waals surface area contributed by atoms with Crippen molar-refractivity contribution in [2.45, 2.75) is 0 Å². The molecule has 108 valence electrons. The molecule has 6 heteroatoms. The molecule has 4 heterocycles. The average Bonchev–Trinajstić information content (AvgIpc) is 3.04. The van der Waals surface area contributed by atoms with E-state index in [1.165, 1.54) is 0 Å². The number of aromatic nitrogens is 2. The summed E-state index contributed by atoms with van der Waals surface area (Å²) >= 11 is 0. The predicted octanol–water partition coefficient (Wildman–Crippen LogP) is 2.80. The van der Waals surface area contributed by atoms with Crippen LogP contribution in [-0.4, -0.2) is 9.97 Å². The molecule has 0 spiro atoms. The van der Waals surface area contributed by atoms with Gasteiger partial charge in [0.2, 0.25) is 0 Å². The number of para-hydroxylation sites is 1. The minimum absolute atomic E-state index is 0. The molecule has 0 atom stereocenters. The third-order valence-electron chi connectivity index (χ3n) is 3.71. The predicted molar refractivity (Wildman–Crippen MR) is 87.7 cm³/mol. The lowest BCUT2D eigenvalue weighted by Crippen LogP contribution is -2.07. The number of pyridine rings is 2. The van der Waals surface area contributed by atoms with Crippen molar-refractivity contribution in [1.29, 1.82) is 0 Å². The molecule has 3 aromatic rings. The van der Waals surface area contributed by atoms with Gasteiger partial charge in [0.15, 0.2) is 5.82 Å². The van der Waals surface area contributed by atoms with E-state index in [9.17, 15) is 0 Å². The van der Waals surface area contributed by atoms with Gasteiger partial charge in [0.05, 0.1) is 17.2 Å². The summed E-state index contributed by atoms with van der Waals surface area (Å²) in [5.41, 5.74) is 2.79. The van der Waals surface area contributed by atoms with Crippen LogP contribution in [-0.2, 0) is 0 Å². The van der Waals surface area contributed by atoms with E-state index in [1.54, 1.807) is 6.20 Å². The van der Waals surface area contributed by atoms with E-state index in [-0.39, 0.29) is 24.8 Å². The number of rotatable bonds is 0. The SMILES string of the molecule is Cl.Cl.c1cnc2c(c1)-c1ncc3c(c1=N2)=c1ccccc1=N3. The molecule has 2 aliphatic rings. The normalized spacial score (nSPS) is 11.6. The number of benzene rings is 1. The molecule has 0 radical (unpaired) electrons. The second kappa shape index (κ2) is 5.16. The van der Waals surface area contributed by atoms with Gasteiger partial charge in [-0.05, 0) is 18.2 Å². The van der Waals surface area contributed by atoms with Gasteiger partial charge in [-0.25, -0.2) is 15.0 Å². The first kappa shape index (κ1) is 14.6. The van der Waals surface area contributed by atoms with Crippen molar-refractivity contribution in [3.05, 3.63) is 69.9 Å². The standard InChI is InChI=1S/C16H8N4.2ClH/c1-2-6-11-9(4-1)13-12(19-11)8-18-14-10-5-3-7-17-16(10)20-15(13)14;;/h1-8H;2*1H. The van der Waals surface area contributed by atoms with Crippen LogP contribution in [0.15, 0.2) is 58.8 Å². The van der Waals surface area contributed by atoms with Crippen molar-refractivity contribution < 1.29 is 0 Å². The van der Waals surface area contributed by atoms with Gasteiger partial charge in [-0.3, -0.25) is 4.98 Å². The van der Waals surface area contributed by atoms with Crippen LogP contribution in [0.4, 0.5) is 11.5 Å². The van der Waals surface area contributed by atoms with Crippen LogP contribution in [0.25, 0.3) is 11.3 Å². The lowest BCUT2D eigenvalue weighted by Gasteiger charge is -1.96. The fourth-order valence-electron chi connectivity index (χ4n) is 2.84. The van der Waals surface area contributed by atoms with Gasteiger partial charge in [-0.1, -0.05) is 18.2 Å². The van der Waals surface area contributed by atoms with Crippen LogP contribution in [0.5, 0.6) is 0 Å². The maximum Gasteiger partial charge on any atom is 0.162 e. The van der Waals surface area contributed by atoms with Gasteiger partial charge in [0.1, 0.15) is 11.1 Å². The van der Waals surface area contributed by atoms with Gasteiger partial charge in [-0.2, -0.15) is 0 Å². The zero-order valence-corrected chi connectivity index (χ0v) is 12.9. The molecule has 5 rings (SSSR count). The summed E-state index contributed by atoms with van der Waals surface area (Å²) in [4.78, 5) is 18.1. The molecule has 0 bridgehead atoms. The van der Waals surface area contributed by atoms with Crippen molar-refractivity contribution in [3.8, 4) is 11.3 Å². The first-order valence-corrected chi connectivity index (χ1v) is 6.43. The molecule has 0 saturated heterocycles. The van der Waals surface area contributed by atoms with E-state index in [2.05, 4.69) is 26.0 Å². The highest BCUT2D eigenvalue weighted by Crippen LogP contribution is 2.30. The summed E-state index contributed by atoms with van der Waals surface area (Å²) in [6.07, 6.45) is 3.58. The van der Waals surface area contributed by atoms with Gasteiger partial charge in [0, 0.05) is 22.2 Å². The molecule has 0 saturated carbocycles. The van der Waals surface area contributed by atoms with E-state index in [4.69, 9.17) is 0 Å². The lowest BCUT2D eigenvalue weighted by molar-refractivity contribution is 1.23. The molecule has 1 aromatic carbocycles. The quantitative estimate of drug-likeness (QED) is 0.439. The first-order chi connectivity index (χ1) is 9.92. The lowest BCUT2D eigenvalue weighted by atomic mass is 10.1. The zero-order chi connectivity index (χ0) is 13.1. The number of halogens is 2. The summed E-state index contributed by atoms with van der Waals surface area (Å²) in [5, 5.41) is 4.07. The second-order valence-corrected chi connectivity index (χ2v) is 4.83. The third kappa shape index (κ3) is 1.78. The number of hydrogen-bond donors (Lipinski definition) is 0. The molecule has 0 fully saturated rings. The Morgan fingerprint density at radius 2 is 1.68 bits per heavy atom. The summed E-state index contributed by atoms with van der Waals surface area (Å²) in [5.74, 6) is 0.743. The van der Waals surface area contributed by atoms with Crippen LogP contribution in [0, 0.1) is 10.4 Å². The van der Waals surface area contributed by atoms with Crippen LogP contribution >= 0.6 is 24.8 Å². The highest BCUT2D eigenvalue weighted by molar-refractivity contribution is 5.85. The number of nitrogens with zero attached hydrogens (tertiary/aromatic N) is 4.